The highest BCUT2D eigenvalue weighted by Gasteiger charge is 2.20. The zero-order chi connectivity index (χ0) is 37.1. The second kappa shape index (κ2) is 15.4. The molecule has 0 N–H and O–H groups in total. The molecule has 0 fully saturated rings. The van der Waals surface area contributed by atoms with E-state index in [9.17, 15) is 0 Å². The van der Waals surface area contributed by atoms with E-state index in [-0.39, 0.29) is 0 Å². The minimum Gasteiger partial charge on any atom is -0.488 e. The maximum atomic E-state index is 6.64. The molecule has 0 aliphatic carbocycles. The topological polar surface area (TPSA) is 36.9 Å². The Labute approximate surface area is 310 Å². The second-order valence-electron chi connectivity index (χ2n) is 14.2. The van der Waals surface area contributed by atoms with Crippen LogP contribution < -0.4 is 18.9 Å². The predicted octanol–water partition coefficient (Wildman–Crippen LogP) is 13.2. The zero-order valence-electron chi connectivity index (χ0n) is 32.3. The molecule has 6 aromatic rings. The van der Waals surface area contributed by atoms with Crippen molar-refractivity contribution in [3.63, 3.8) is 0 Å². The molecule has 0 aliphatic rings. The minimum absolute atomic E-state index is 0.532. The van der Waals surface area contributed by atoms with Crippen LogP contribution >= 0.6 is 0 Å². The lowest BCUT2D eigenvalue weighted by atomic mass is 9.88. The summed E-state index contributed by atoms with van der Waals surface area (Å²) in [7, 11) is 0. The Morgan fingerprint density at radius 2 is 0.654 bits per heavy atom. The van der Waals surface area contributed by atoms with Crippen molar-refractivity contribution in [1.29, 1.82) is 0 Å². The Balaban J connectivity index is 1.23. The highest BCUT2D eigenvalue weighted by molar-refractivity contribution is 5.77. The molecule has 0 bridgehead atoms. The summed E-state index contributed by atoms with van der Waals surface area (Å²) in [5.74, 6) is 5.22. The summed E-state index contributed by atoms with van der Waals surface area (Å²) in [6.07, 6.45) is 0. The smallest absolute Gasteiger partial charge is 0.133 e. The number of hydrogen-bond acceptors (Lipinski definition) is 4. The van der Waals surface area contributed by atoms with Gasteiger partial charge in [0.15, 0.2) is 0 Å². The molecule has 4 heteroatoms. The van der Waals surface area contributed by atoms with Crippen LogP contribution in [0.3, 0.4) is 0 Å². The zero-order valence-corrected chi connectivity index (χ0v) is 32.3. The van der Waals surface area contributed by atoms with E-state index in [1.807, 2.05) is 36.4 Å². The molecule has 4 nitrogen and oxygen atoms in total. The van der Waals surface area contributed by atoms with E-state index in [1.165, 1.54) is 22.3 Å². The van der Waals surface area contributed by atoms with Crippen LogP contribution in [0, 0.1) is 69.2 Å². The van der Waals surface area contributed by atoms with E-state index < -0.39 is 0 Å². The highest BCUT2D eigenvalue weighted by atomic mass is 16.5. The maximum Gasteiger partial charge on any atom is 0.133 e. The van der Waals surface area contributed by atoms with E-state index in [0.29, 0.717) is 13.2 Å². The number of rotatable bonds is 11. The molecule has 0 saturated carbocycles. The van der Waals surface area contributed by atoms with Gasteiger partial charge in [0, 0.05) is 0 Å². The molecule has 0 spiro atoms. The number of aryl methyl sites for hydroxylation is 6. The van der Waals surface area contributed by atoms with Gasteiger partial charge in [0.25, 0.3) is 0 Å². The van der Waals surface area contributed by atoms with Gasteiger partial charge in [-0.2, -0.15) is 0 Å². The lowest BCUT2D eigenvalue weighted by Crippen LogP contribution is -2.02. The number of hydrogen-bond donors (Lipinski definition) is 0. The number of ether oxygens (including phenoxy) is 4. The first kappa shape index (κ1) is 36.3. The summed E-state index contributed by atoms with van der Waals surface area (Å²) in [6, 6.07) is 33.3. The summed E-state index contributed by atoms with van der Waals surface area (Å²) in [4.78, 5) is 0. The van der Waals surface area contributed by atoms with Crippen molar-refractivity contribution in [2.24, 2.45) is 0 Å². The van der Waals surface area contributed by atoms with E-state index >= 15 is 0 Å². The SMILES string of the molecule is Cc1cc(Oc2c(C)cc(-c3cc(C)c(Oc4cc(C)c(OCc5ccccc5)c(C)c4)c(C)c3C)c(C)c2C)cc(C)c1OCc1ccccc1. The molecule has 6 aromatic carbocycles. The third-order valence-corrected chi connectivity index (χ3v) is 10.1. The Morgan fingerprint density at radius 1 is 0.346 bits per heavy atom. The van der Waals surface area contributed by atoms with E-state index in [4.69, 9.17) is 18.9 Å². The van der Waals surface area contributed by atoms with Crippen LogP contribution in [0.15, 0.2) is 97.1 Å². The maximum absolute atomic E-state index is 6.64. The molecular formula is C48H50O4. The van der Waals surface area contributed by atoms with Crippen molar-refractivity contribution in [2.45, 2.75) is 82.5 Å². The van der Waals surface area contributed by atoms with Crippen LogP contribution in [0.25, 0.3) is 11.1 Å². The fourth-order valence-electron chi connectivity index (χ4n) is 7.08. The van der Waals surface area contributed by atoms with Gasteiger partial charge in [-0.15, -0.1) is 0 Å². The molecule has 0 heterocycles. The van der Waals surface area contributed by atoms with Gasteiger partial charge >= 0.3 is 0 Å². The Kier molecular flexibility index (Phi) is 10.8. The number of benzene rings is 6. The van der Waals surface area contributed by atoms with E-state index in [0.717, 1.165) is 90.1 Å². The van der Waals surface area contributed by atoms with Gasteiger partial charge in [0.1, 0.15) is 47.7 Å². The van der Waals surface area contributed by atoms with E-state index in [2.05, 4.69) is 130 Å². The quantitative estimate of drug-likeness (QED) is 0.136. The largest absolute Gasteiger partial charge is 0.488 e. The van der Waals surface area contributed by atoms with Crippen molar-refractivity contribution in [3.05, 3.63) is 164 Å². The van der Waals surface area contributed by atoms with E-state index in [1.54, 1.807) is 0 Å². The Morgan fingerprint density at radius 3 is 0.981 bits per heavy atom. The predicted molar refractivity (Wildman–Crippen MR) is 214 cm³/mol. The first-order chi connectivity index (χ1) is 24.9. The van der Waals surface area contributed by atoms with Gasteiger partial charge in [-0.05, 0) is 184 Å². The van der Waals surface area contributed by atoms with Gasteiger partial charge < -0.3 is 18.9 Å². The minimum atomic E-state index is 0.532. The molecule has 266 valence electrons. The fraction of sp³-hybridized carbons (Fsp3) is 0.250. The molecule has 6 rings (SSSR count). The first-order valence-corrected chi connectivity index (χ1v) is 18.0. The van der Waals surface area contributed by atoms with Crippen LogP contribution in [-0.2, 0) is 13.2 Å². The summed E-state index contributed by atoms with van der Waals surface area (Å²) < 4.78 is 25.7. The molecule has 0 aromatic heterocycles. The van der Waals surface area contributed by atoms with Crippen molar-refractivity contribution < 1.29 is 18.9 Å². The van der Waals surface area contributed by atoms with Gasteiger partial charge in [0.05, 0.1) is 0 Å². The average Bonchev–Trinajstić information content (AvgIpc) is 3.12. The summed E-state index contributed by atoms with van der Waals surface area (Å²) in [5.41, 5.74) is 15.8. The third-order valence-electron chi connectivity index (χ3n) is 10.1. The van der Waals surface area contributed by atoms with Crippen LogP contribution in [0.1, 0.15) is 66.8 Å². The highest BCUT2D eigenvalue weighted by Crippen LogP contribution is 2.43. The molecule has 0 aliphatic heterocycles. The second-order valence-corrected chi connectivity index (χ2v) is 14.2. The van der Waals surface area contributed by atoms with Gasteiger partial charge in [-0.25, -0.2) is 0 Å². The monoisotopic (exact) mass is 690 g/mol. The van der Waals surface area contributed by atoms with Crippen molar-refractivity contribution in [2.75, 3.05) is 0 Å². The standard InChI is InChI=1S/C48H50O4/c1-29-21-41(22-30(2)45(29)49-27-39-17-13-11-14-18-39)51-47-33(5)25-43(35(7)37(47)9)44-26-34(6)48(38(10)36(44)8)52-42-23-31(3)46(32(4)24-42)50-28-40-19-15-12-16-20-40/h11-26H,27-28H2,1-10H3. The normalized spacial score (nSPS) is 11.0. The molecular weight excluding hydrogens is 641 g/mol. The third kappa shape index (κ3) is 7.72. The van der Waals surface area contributed by atoms with Gasteiger partial charge in [-0.1, -0.05) is 60.7 Å². The molecule has 0 radical (unpaired) electrons. The molecule has 52 heavy (non-hydrogen) atoms. The summed E-state index contributed by atoms with van der Waals surface area (Å²) >= 11 is 0. The van der Waals surface area contributed by atoms with Gasteiger partial charge in [0.2, 0.25) is 0 Å². The molecule has 0 saturated heterocycles. The van der Waals surface area contributed by atoms with Gasteiger partial charge in [-0.3, -0.25) is 0 Å². The molecule has 0 atom stereocenters. The first-order valence-electron chi connectivity index (χ1n) is 18.0. The van der Waals surface area contributed by atoms with Crippen LogP contribution in [0.5, 0.6) is 34.5 Å². The van der Waals surface area contributed by atoms with Crippen molar-refractivity contribution >= 4 is 0 Å². The summed E-state index contributed by atoms with van der Waals surface area (Å²) in [5, 5.41) is 0. The average molecular weight is 691 g/mol. The lowest BCUT2D eigenvalue weighted by molar-refractivity contribution is 0.301. The van der Waals surface area contributed by atoms with Crippen molar-refractivity contribution in [3.8, 4) is 45.6 Å². The van der Waals surface area contributed by atoms with Crippen LogP contribution in [-0.4, -0.2) is 0 Å². The Hall–Kier alpha value is -5.48. The lowest BCUT2D eigenvalue weighted by Gasteiger charge is -2.22. The van der Waals surface area contributed by atoms with Crippen LogP contribution in [0.4, 0.5) is 0 Å². The fourth-order valence-corrected chi connectivity index (χ4v) is 7.08. The molecule has 0 amide bonds. The molecule has 0 unspecified atom stereocenters. The summed E-state index contributed by atoms with van der Waals surface area (Å²) in [6.45, 7) is 22.3. The Bertz CT molecular complexity index is 2030. The van der Waals surface area contributed by atoms with Crippen LogP contribution in [0.2, 0.25) is 0 Å². The van der Waals surface area contributed by atoms with Crippen molar-refractivity contribution in [1.82, 2.24) is 0 Å².